The Hall–Kier alpha value is -2.05. The smallest absolute Gasteiger partial charge is 0.326 e. The number of ether oxygens (including phenoxy) is 3. The van der Waals surface area contributed by atoms with Gasteiger partial charge in [-0.15, -0.1) is 0 Å². The molecule has 33 heavy (non-hydrogen) atoms. The number of amides is 2. The average molecular weight is 646 g/mol. The molecular formula is C23H21BrINO6S. The highest BCUT2D eigenvalue weighted by Crippen LogP contribution is 2.37. The van der Waals surface area contributed by atoms with E-state index in [4.69, 9.17) is 14.2 Å². The van der Waals surface area contributed by atoms with Gasteiger partial charge >= 0.3 is 5.97 Å². The number of hydrogen-bond acceptors (Lipinski definition) is 7. The number of rotatable bonds is 8. The van der Waals surface area contributed by atoms with Gasteiger partial charge in [0.25, 0.3) is 11.1 Å². The summed E-state index contributed by atoms with van der Waals surface area (Å²) in [5.74, 6) is -0.0694. The van der Waals surface area contributed by atoms with E-state index in [0.717, 1.165) is 30.3 Å². The second kappa shape index (κ2) is 11.4. The third kappa shape index (κ3) is 6.73. The standard InChI is InChI=1S/C23H21BrINO6S/c1-13(2)32-20(27)11-26-22(28)19(33-23(26)29)10-15-8-17(25)21(18(9-15)30-3)31-12-14-4-6-16(24)7-5-14/h4-10,13H,11-12H2,1-3H3/b19-10+. The first kappa shape index (κ1) is 25.6. The largest absolute Gasteiger partial charge is 0.493 e. The number of hydrogen-bond donors (Lipinski definition) is 0. The molecular weight excluding hydrogens is 625 g/mol. The predicted molar refractivity (Wildman–Crippen MR) is 138 cm³/mol. The molecule has 0 atom stereocenters. The minimum absolute atomic E-state index is 0.221. The summed E-state index contributed by atoms with van der Waals surface area (Å²) in [6.45, 7) is 3.36. The van der Waals surface area contributed by atoms with Gasteiger partial charge in [-0.1, -0.05) is 28.1 Å². The van der Waals surface area contributed by atoms with Crippen molar-refractivity contribution in [2.24, 2.45) is 0 Å². The Balaban J connectivity index is 1.77. The van der Waals surface area contributed by atoms with E-state index >= 15 is 0 Å². The number of nitrogens with zero attached hydrogens (tertiary/aromatic N) is 1. The van der Waals surface area contributed by atoms with Crippen molar-refractivity contribution < 1.29 is 28.6 Å². The van der Waals surface area contributed by atoms with Crippen molar-refractivity contribution in [3.63, 3.8) is 0 Å². The van der Waals surface area contributed by atoms with Gasteiger partial charge in [0.05, 0.1) is 21.7 Å². The van der Waals surface area contributed by atoms with Crippen LogP contribution in [-0.2, 0) is 20.9 Å². The van der Waals surface area contributed by atoms with Gasteiger partial charge in [-0.2, -0.15) is 0 Å². The van der Waals surface area contributed by atoms with Crippen molar-refractivity contribution in [3.8, 4) is 11.5 Å². The number of methoxy groups -OCH3 is 1. The number of halogens is 2. The molecule has 0 bridgehead atoms. The lowest BCUT2D eigenvalue weighted by Gasteiger charge is -2.14. The maximum Gasteiger partial charge on any atom is 0.326 e. The quantitative estimate of drug-likeness (QED) is 0.209. The maximum atomic E-state index is 12.7. The summed E-state index contributed by atoms with van der Waals surface area (Å²) < 4.78 is 18.3. The van der Waals surface area contributed by atoms with Gasteiger partial charge in [0.2, 0.25) is 0 Å². The zero-order valence-corrected chi connectivity index (χ0v) is 22.7. The highest BCUT2D eigenvalue weighted by molar-refractivity contribution is 14.1. The molecule has 10 heteroatoms. The van der Waals surface area contributed by atoms with Gasteiger partial charge in [-0.25, -0.2) is 0 Å². The van der Waals surface area contributed by atoms with Crippen LogP contribution in [0.4, 0.5) is 4.79 Å². The fourth-order valence-electron chi connectivity index (χ4n) is 2.92. The van der Waals surface area contributed by atoms with Gasteiger partial charge < -0.3 is 14.2 Å². The van der Waals surface area contributed by atoms with E-state index < -0.39 is 23.7 Å². The summed E-state index contributed by atoms with van der Waals surface area (Å²) in [5, 5.41) is -0.511. The summed E-state index contributed by atoms with van der Waals surface area (Å²) in [7, 11) is 1.54. The van der Waals surface area contributed by atoms with Crippen LogP contribution in [0.15, 0.2) is 45.8 Å². The van der Waals surface area contributed by atoms with E-state index in [9.17, 15) is 14.4 Å². The second-order valence-electron chi connectivity index (χ2n) is 7.26. The molecule has 3 rings (SSSR count). The lowest BCUT2D eigenvalue weighted by Crippen LogP contribution is -2.35. The Morgan fingerprint density at radius 1 is 1.21 bits per heavy atom. The molecule has 0 spiro atoms. The monoisotopic (exact) mass is 645 g/mol. The number of esters is 1. The molecule has 7 nitrogen and oxygen atoms in total. The molecule has 1 saturated heterocycles. The molecule has 0 radical (unpaired) electrons. The molecule has 0 aliphatic carbocycles. The molecule has 1 aliphatic rings. The SMILES string of the molecule is COc1cc(/C=C2/SC(=O)N(CC(=O)OC(C)C)C2=O)cc(I)c1OCc1ccc(Br)cc1. The first-order valence-electron chi connectivity index (χ1n) is 9.87. The number of benzene rings is 2. The second-order valence-corrected chi connectivity index (χ2v) is 10.3. The first-order valence-corrected chi connectivity index (χ1v) is 12.6. The number of imide groups is 1. The molecule has 174 valence electrons. The normalized spacial score (nSPS) is 14.8. The zero-order valence-electron chi connectivity index (χ0n) is 18.1. The molecule has 0 saturated carbocycles. The van der Waals surface area contributed by atoms with E-state index in [1.807, 2.05) is 30.3 Å². The number of thioether (sulfide) groups is 1. The first-order chi connectivity index (χ1) is 15.7. The zero-order chi connectivity index (χ0) is 24.1. The van der Waals surface area contributed by atoms with Crippen molar-refractivity contribution in [3.05, 3.63) is 60.5 Å². The van der Waals surface area contributed by atoms with E-state index in [1.165, 1.54) is 7.11 Å². The van der Waals surface area contributed by atoms with Crippen LogP contribution < -0.4 is 9.47 Å². The molecule has 0 N–H and O–H groups in total. The molecule has 2 amide bonds. The Morgan fingerprint density at radius 3 is 2.55 bits per heavy atom. The third-order valence-corrected chi connectivity index (χ3v) is 6.61. The van der Waals surface area contributed by atoms with Gasteiger partial charge in [-0.05, 0) is 89.7 Å². The van der Waals surface area contributed by atoms with Crippen LogP contribution in [0.25, 0.3) is 6.08 Å². The van der Waals surface area contributed by atoms with Crippen molar-refractivity contribution in [2.75, 3.05) is 13.7 Å². The van der Waals surface area contributed by atoms with Gasteiger partial charge in [0, 0.05) is 4.47 Å². The van der Waals surface area contributed by atoms with E-state index in [1.54, 1.807) is 26.0 Å². The topological polar surface area (TPSA) is 82.1 Å². The minimum atomic E-state index is -0.628. The fraction of sp³-hybridized carbons (Fsp3) is 0.261. The Kier molecular flexibility index (Phi) is 8.82. The summed E-state index contributed by atoms with van der Waals surface area (Å²) in [4.78, 5) is 37.9. The molecule has 1 fully saturated rings. The average Bonchev–Trinajstić information content (AvgIpc) is 3.00. The van der Waals surface area contributed by atoms with Crippen LogP contribution >= 0.6 is 50.3 Å². The third-order valence-electron chi connectivity index (χ3n) is 4.37. The highest BCUT2D eigenvalue weighted by Gasteiger charge is 2.36. The Labute approximate surface area is 218 Å². The van der Waals surface area contributed by atoms with Crippen LogP contribution in [0.5, 0.6) is 11.5 Å². The summed E-state index contributed by atoms with van der Waals surface area (Å²) in [5.41, 5.74) is 1.67. The van der Waals surface area contributed by atoms with Crippen LogP contribution in [0.3, 0.4) is 0 Å². The fourth-order valence-corrected chi connectivity index (χ4v) is 4.80. The number of carbonyl (C=O) groups excluding carboxylic acids is 3. The molecule has 2 aromatic carbocycles. The highest BCUT2D eigenvalue weighted by atomic mass is 127. The van der Waals surface area contributed by atoms with Crippen LogP contribution in [0.2, 0.25) is 0 Å². The lowest BCUT2D eigenvalue weighted by molar-refractivity contribution is -0.149. The van der Waals surface area contributed by atoms with Gasteiger partial charge in [0.1, 0.15) is 13.2 Å². The summed E-state index contributed by atoms with van der Waals surface area (Å²) >= 11 is 6.33. The van der Waals surface area contributed by atoms with Gasteiger partial charge in [0.15, 0.2) is 11.5 Å². The molecule has 2 aromatic rings. The van der Waals surface area contributed by atoms with Crippen molar-refractivity contribution in [1.29, 1.82) is 0 Å². The predicted octanol–water partition coefficient (Wildman–Crippen LogP) is 5.63. The molecule has 0 unspecified atom stereocenters. The van der Waals surface area contributed by atoms with E-state index in [2.05, 4.69) is 38.5 Å². The van der Waals surface area contributed by atoms with Gasteiger partial charge in [-0.3, -0.25) is 19.3 Å². The van der Waals surface area contributed by atoms with Crippen LogP contribution in [0.1, 0.15) is 25.0 Å². The van der Waals surface area contributed by atoms with Crippen molar-refractivity contribution in [2.45, 2.75) is 26.6 Å². The molecule has 1 heterocycles. The Morgan fingerprint density at radius 2 is 1.91 bits per heavy atom. The Bertz CT molecular complexity index is 1100. The number of carbonyl (C=O) groups is 3. The van der Waals surface area contributed by atoms with E-state index in [-0.39, 0.29) is 11.0 Å². The maximum absolute atomic E-state index is 12.7. The van der Waals surface area contributed by atoms with Crippen LogP contribution in [0, 0.1) is 3.57 Å². The molecule has 1 aliphatic heterocycles. The van der Waals surface area contributed by atoms with Crippen molar-refractivity contribution >= 4 is 73.5 Å². The van der Waals surface area contributed by atoms with Crippen LogP contribution in [-0.4, -0.2) is 41.8 Å². The lowest BCUT2D eigenvalue weighted by atomic mass is 10.1. The minimum Gasteiger partial charge on any atom is -0.493 e. The van der Waals surface area contributed by atoms with Crippen molar-refractivity contribution in [1.82, 2.24) is 4.90 Å². The van der Waals surface area contributed by atoms with E-state index in [0.29, 0.717) is 23.7 Å². The molecule has 0 aromatic heterocycles. The summed E-state index contributed by atoms with van der Waals surface area (Å²) in [6, 6.07) is 11.4. The summed E-state index contributed by atoms with van der Waals surface area (Å²) in [6.07, 6.45) is 1.27.